The molecule has 0 radical (unpaired) electrons. The molecule has 26 heavy (non-hydrogen) atoms. The van der Waals surface area contributed by atoms with E-state index in [1.165, 1.54) is 11.3 Å². The normalized spacial score (nSPS) is 20.6. The van der Waals surface area contributed by atoms with E-state index in [9.17, 15) is 8.42 Å². The molecule has 3 rings (SSSR count). The standard InChI is InChI=1S/C21H27NO2S2/c1-16-9-11-18(12-10-16)26(23,24)22-15-21(2,3)19-13-14-20(19)25-17-7-5-4-6-8-17/h4-12,19-20,22H,13-15H2,1-3H3. The van der Waals surface area contributed by atoms with Crippen molar-refractivity contribution in [3.63, 3.8) is 0 Å². The molecular formula is C21H27NO2S2. The van der Waals surface area contributed by atoms with Crippen LogP contribution in [0.4, 0.5) is 0 Å². The van der Waals surface area contributed by atoms with E-state index in [0.717, 1.165) is 12.0 Å². The Hall–Kier alpha value is -1.30. The highest BCUT2D eigenvalue weighted by Crippen LogP contribution is 2.49. The predicted molar refractivity (Wildman–Crippen MR) is 109 cm³/mol. The maximum absolute atomic E-state index is 12.6. The Labute approximate surface area is 161 Å². The van der Waals surface area contributed by atoms with E-state index in [1.807, 2.05) is 36.9 Å². The van der Waals surface area contributed by atoms with Crippen LogP contribution in [0, 0.1) is 18.3 Å². The van der Waals surface area contributed by atoms with Gasteiger partial charge in [0.25, 0.3) is 0 Å². The number of nitrogens with one attached hydrogen (secondary N) is 1. The Kier molecular flexibility index (Phi) is 5.80. The summed E-state index contributed by atoms with van der Waals surface area (Å²) < 4.78 is 28.0. The molecule has 140 valence electrons. The van der Waals surface area contributed by atoms with Gasteiger partial charge in [0, 0.05) is 16.7 Å². The Morgan fingerprint density at radius 2 is 1.69 bits per heavy atom. The molecule has 5 heteroatoms. The molecule has 2 aromatic carbocycles. The monoisotopic (exact) mass is 389 g/mol. The number of thioether (sulfide) groups is 1. The van der Waals surface area contributed by atoms with Gasteiger partial charge in [-0.25, -0.2) is 13.1 Å². The number of rotatable bonds is 7. The number of hydrogen-bond acceptors (Lipinski definition) is 3. The van der Waals surface area contributed by atoms with Gasteiger partial charge in [-0.05, 0) is 55.4 Å². The molecule has 2 atom stereocenters. The van der Waals surface area contributed by atoms with Gasteiger partial charge >= 0.3 is 0 Å². The van der Waals surface area contributed by atoms with Gasteiger partial charge in [0.05, 0.1) is 4.90 Å². The van der Waals surface area contributed by atoms with Crippen LogP contribution in [-0.2, 0) is 10.0 Å². The summed E-state index contributed by atoms with van der Waals surface area (Å²) in [7, 11) is -3.46. The van der Waals surface area contributed by atoms with Crippen LogP contribution >= 0.6 is 11.8 Å². The van der Waals surface area contributed by atoms with E-state index in [2.05, 4.69) is 42.8 Å². The van der Waals surface area contributed by atoms with Gasteiger partial charge < -0.3 is 0 Å². The van der Waals surface area contributed by atoms with Crippen LogP contribution in [0.3, 0.4) is 0 Å². The lowest BCUT2D eigenvalue weighted by Gasteiger charge is -2.46. The Morgan fingerprint density at radius 3 is 2.27 bits per heavy atom. The molecule has 0 bridgehead atoms. The molecule has 0 aliphatic heterocycles. The lowest BCUT2D eigenvalue weighted by Crippen LogP contribution is -2.46. The summed E-state index contributed by atoms with van der Waals surface area (Å²) in [6.07, 6.45) is 2.35. The first kappa shape index (κ1) is 19.5. The van der Waals surface area contributed by atoms with E-state index in [4.69, 9.17) is 0 Å². The van der Waals surface area contributed by atoms with Crippen LogP contribution in [0.1, 0.15) is 32.3 Å². The lowest BCUT2D eigenvalue weighted by molar-refractivity contribution is 0.134. The second kappa shape index (κ2) is 7.75. The highest BCUT2D eigenvalue weighted by Gasteiger charge is 2.42. The zero-order valence-corrected chi connectivity index (χ0v) is 17.2. The Balaban J connectivity index is 1.62. The van der Waals surface area contributed by atoms with Crippen molar-refractivity contribution in [2.24, 2.45) is 11.3 Å². The third-order valence-electron chi connectivity index (χ3n) is 5.29. The van der Waals surface area contributed by atoms with Crippen molar-refractivity contribution in [2.45, 2.75) is 48.7 Å². The van der Waals surface area contributed by atoms with Crippen molar-refractivity contribution >= 4 is 21.8 Å². The lowest BCUT2D eigenvalue weighted by atomic mass is 9.67. The van der Waals surface area contributed by atoms with Gasteiger partial charge in [0.15, 0.2) is 0 Å². The number of benzene rings is 2. The molecule has 0 heterocycles. The maximum atomic E-state index is 12.6. The van der Waals surface area contributed by atoms with Gasteiger partial charge in [-0.1, -0.05) is 49.7 Å². The molecule has 1 aliphatic carbocycles. The van der Waals surface area contributed by atoms with Crippen molar-refractivity contribution in [1.29, 1.82) is 0 Å². The summed E-state index contributed by atoms with van der Waals surface area (Å²) in [5.74, 6) is 0.508. The van der Waals surface area contributed by atoms with Gasteiger partial charge in [0.1, 0.15) is 0 Å². The fourth-order valence-corrected chi connectivity index (χ4v) is 6.20. The molecule has 2 aromatic rings. The summed E-state index contributed by atoms with van der Waals surface area (Å²) >= 11 is 1.92. The first-order valence-electron chi connectivity index (χ1n) is 9.06. The van der Waals surface area contributed by atoms with E-state index in [-0.39, 0.29) is 5.41 Å². The molecule has 1 N–H and O–H groups in total. The van der Waals surface area contributed by atoms with Crippen molar-refractivity contribution in [3.8, 4) is 0 Å². The topological polar surface area (TPSA) is 46.2 Å². The van der Waals surface area contributed by atoms with E-state index >= 15 is 0 Å². The minimum absolute atomic E-state index is 0.0809. The zero-order chi connectivity index (χ0) is 18.8. The molecule has 1 saturated carbocycles. The molecule has 2 unspecified atom stereocenters. The SMILES string of the molecule is Cc1ccc(S(=O)(=O)NCC(C)(C)C2CCC2Sc2ccccc2)cc1. The molecule has 0 amide bonds. The van der Waals surface area contributed by atoms with Crippen molar-refractivity contribution in [3.05, 3.63) is 60.2 Å². The van der Waals surface area contributed by atoms with E-state index in [0.29, 0.717) is 22.6 Å². The van der Waals surface area contributed by atoms with E-state index in [1.54, 1.807) is 12.1 Å². The van der Waals surface area contributed by atoms with Crippen molar-refractivity contribution in [2.75, 3.05) is 6.54 Å². The fraction of sp³-hybridized carbons (Fsp3) is 0.429. The minimum Gasteiger partial charge on any atom is -0.211 e. The summed E-state index contributed by atoms with van der Waals surface area (Å²) in [6.45, 7) is 6.76. The van der Waals surface area contributed by atoms with Crippen LogP contribution < -0.4 is 4.72 Å². The van der Waals surface area contributed by atoms with Crippen molar-refractivity contribution < 1.29 is 8.42 Å². The maximum Gasteiger partial charge on any atom is 0.240 e. The van der Waals surface area contributed by atoms with Crippen LogP contribution in [0.15, 0.2) is 64.4 Å². The molecule has 3 nitrogen and oxygen atoms in total. The number of hydrogen-bond donors (Lipinski definition) is 1. The highest BCUT2D eigenvalue weighted by molar-refractivity contribution is 8.00. The largest absolute Gasteiger partial charge is 0.240 e. The molecule has 1 fully saturated rings. The summed E-state index contributed by atoms with van der Waals surface area (Å²) in [6, 6.07) is 17.5. The second-order valence-electron chi connectivity index (χ2n) is 7.78. The van der Waals surface area contributed by atoms with Crippen LogP contribution in [-0.4, -0.2) is 20.2 Å². The average molecular weight is 390 g/mol. The predicted octanol–water partition coefficient (Wildman–Crippen LogP) is 4.87. The minimum atomic E-state index is -3.46. The zero-order valence-electron chi connectivity index (χ0n) is 15.6. The number of aryl methyl sites for hydroxylation is 1. The number of sulfonamides is 1. The first-order valence-corrected chi connectivity index (χ1v) is 11.4. The first-order chi connectivity index (χ1) is 12.3. The fourth-order valence-electron chi connectivity index (χ4n) is 3.39. The summed E-state index contributed by atoms with van der Waals surface area (Å²) in [4.78, 5) is 1.63. The Bertz CT molecular complexity index is 830. The summed E-state index contributed by atoms with van der Waals surface area (Å²) in [5, 5.41) is 0.552. The van der Waals surface area contributed by atoms with Crippen molar-refractivity contribution in [1.82, 2.24) is 4.72 Å². The quantitative estimate of drug-likeness (QED) is 0.735. The van der Waals surface area contributed by atoms with Gasteiger partial charge in [0.2, 0.25) is 10.0 Å². The molecule has 1 aliphatic rings. The molecule has 0 spiro atoms. The van der Waals surface area contributed by atoms with Gasteiger partial charge in [-0.2, -0.15) is 0 Å². The van der Waals surface area contributed by atoms with E-state index < -0.39 is 10.0 Å². The Morgan fingerprint density at radius 1 is 1.04 bits per heavy atom. The molecule has 0 aromatic heterocycles. The molecular weight excluding hydrogens is 362 g/mol. The van der Waals surface area contributed by atoms with Gasteiger partial charge in [-0.15, -0.1) is 11.8 Å². The van der Waals surface area contributed by atoms with Crippen LogP contribution in [0.25, 0.3) is 0 Å². The third-order valence-corrected chi connectivity index (χ3v) is 8.12. The van der Waals surface area contributed by atoms with Crippen LogP contribution in [0.2, 0.25) is 0 Å². The van der Waals surface area contributed by atoms with Crippen LogP contribution in [0.5, 0.6) is 0 Å². The molecule has 0 saturated heterocycles. The second-order valence-corrected chi connectivity index (χ2v) is 10.9. The average Bonchev–Trinajstić information content (AvgIpc) is 2.58. The summed E-state index contributed by atoms with van der Waals surface area (Å²) in [5.41, 5.74) is 0.974. The third kappa shape index (κ3) is 4.51. The smallest absolute Gasteiger partial charge is 0.211 e. The van der Waals surface area contributed by atoms with Gasteiger partial charge in [-0.3, -0.25) is 0 Å². The highest BCUT2D eigenvalue weighted by atomic mass is 32.2.